The zero-order valence-electron chi connectivity index (χ0n) is 13.7. The van der Waals surface area contributed by atoms with Gasteiger partial charge in [0.15, 0.2) is 5.65 Å². The van der Waals surface area contributed by atoms with Gasteiger partial charge in [0.25, 0.3) is 0 Å². The number of hydrogen-bond acceptors (Lipinski definition) is 3. The Balaban J connectivity index is 2.04. The molecule has 4 nitrogen and oxygen atoms in total. The normalized spacial score (nSPS) is 10.9. The van der Waals surface area contributed by atoms with E-state index in [0.29, 0.717) is 0 Å². The highest BCUT2D eigenvalue weighted by molar-refractivity contribution is 6.02. The second-order valence-corrected chi connectivity index (χ2v) is 5.79. The van der Waals surface area contributed by atoms with Gasteiger partial charge in [0.2, 0.25) is 0 Å². The molecule has 0 saturated heterocycles. The second kappa shape index (κ2) is 5.81. The summed E-state index contributed by atoms with van der Waals surface area (Å²) >= 11 is 0. The zero-order chi connectivity index (χ0) is 16.5. The number of aryl methyl sites for hydroxylation is 1. The summed E-state index contributed by atoms with van der Waals surface area (Å²) in [6.07, 6.45) is 3.74. The van der Waals surface area contributed by atoms with E-state index in [9.17, 15) is 0 Å². The third kappa shape index (κ3) is 2.33. The lowest BCUT2D eigenvalue weighted by Crippen LogP contribution is -1.97. The second-order valence-electron chi connectivity index (χ2n) is 5.79. The van der Waals surface area contributed by atoms with Crippen molar-refractivity contribution in [1.29, 1.82) is 0 Å². The van der Waals surface area contributed by atoms with Gasteiger partial charge in [-0.1, -0.05) is 48.0 Å². The van der Waals surface area contributed by atoms with Crippen molar-refractivity contribution in [2.24, 2.45) is 0 Å². The average Bonchev–Trinajstić information content (AvgIpc) is 3.03. The van der Waals surface area contributed by atoms with Gasteiger partial charge in [-0.2, -0.15) is 0 Å². The number of hydrogen-bond donors (Lipinski definition) is 1. The number of nitrogens with zero attached hydrogens (tertiary/aromatic N) is 3. The Kier molecular flexibility index (Phi) is 3.50. The van der Waals surface area contributed by atoms with Crippen molar-refractivity contribution in [3.8, 4) is 16.8 Å². The molecule has 0 aliphatic heterocycles. The van der Waals surface area contributed by atoms with E-state index in [-0.39, 0.29) is 0 Å². The molecule has 0 saturated carbocycles. The van der Waals surface area contributed by atoms with Crippen molar-refractivity contribution in [2.45, 2.75) is 6.92 Å². The number of nitrogens with one attached hydrogen (secondary N) is 1. The van der Waals surface area contributed by atoms with Crippen molar-refractivity contribution < 1.29 is 0 Å². The van der Waals surface area contributed by atoms with Crippen LogP contribution in [-0.4, -0.2) is 21.6 Å². The summed E-state index contributed by atoms with van der Waals surface area (Å²) in [6, 6.07) is 18.8. The van der Waals surface area contributed by atoms with E-state index in [1.807, 2.05) is 25.2 Å². The molecule has 1 N–H and O–H groups in total. The molecule has 0 spiro atoms. The van der Waals surface area contributed by atoms with Crippen molar-refractivity contribution in [2.75, 3.05) is 12.4 Å². The van der Waals surface area contributed by atoms with Gasteiger partial charge in [0.05, 0.1) is 5.39 Å². The van der Waals surface area contributed by atoms with Crippen LogP contribution in [0.5, 0.6) is 0 Å². The largest absolute Gasteiger partial charge is 0.372 e. The van der Waals surface area contributed by atoms with Gasteiger partial charge >= 0.3 is 0 Å². The quantitative estimate of drug-likeness (QED) is 0.608. The van der Waals surface area contributed by atoms with Crippen LogP contribution in [0.4, 0.5) is 5.82 Å². The summed E-state index contributed by atoms with van der Waals surface area (Å²) in [7, 11) is 1.89. The van der Waals surface area contributed by atoms with E-state index in [0.717, 1.165) is 33.7 Å². The first-order chi connectivity index (χ1) is 11.8. The predicted molar refractivity (Wildman–Crippen MR) is 98.6 cm³/mol. The van der Waals surface area contributed by atoms with Crippen molar-refractivity contribution in [3.63, 3.8) is 0 Å². The van der Waals surface area contributed by atoms with Crippen LogP contribution in [-0.2, 0) is 0 Å². The van der Waals surface area contributed by atoms with Crippen LogP contribution < -0.4 is 5.32 Å². The Morgan fingerprint density at radius 2 is 1.67 bits per heavy atom. The lowest BCUT2D eigenvalue weighted by atomic mass is 10.1. The number of fused-ring (bicyclic) bond motifs is 1. The molecule has 4 rings (SSSR count). The summed E-state index contributed by atoms with van der Waals surface area (Å²) in [5.74, 6) is 0.838. The minimum absolute atomic E-state index is 0.838. The standard InChI is InChI=1S/C20H18N4/c1-14-8-10-16(11-9-14)24-12-17(15-6-4-3-5-7-15)18-19(21-2)22-13-23-20(18)24/h3-13H,1-2H3,(H,21,22,23). The summed E-state index contributed by atoms with van der Waals surface area (Å²) in [5.41, 5.74) is 5.51. The third-order valence-electron chi connectivity index (χ3n) is 4.22. The molecular formula is C20H18N4. The molecule has 2 heterocycles. The van der Waals surface area contributed by atoms with Crippen LogP contribution in [0, 0.1) is 6.92 Å². The highest BCUT2D eigenvalue weighted by atomic mass is 15.1. The Labute approximate surface area is 140 Å². The molecule has 4 aromatic rings. The predicted octanol–water partition coefficient (Wildman–Crippen LogP) is 4.44. The molecule has 24 heavy (non-hydrogen) atoms. The van der Waals surface area contributed by atoms with Crippen LogP contribution in [0.1, 0.15) is 5.56 Å². The molecule has 0 amide bonds. The molecule has 0 unspecified atom stereocenters. The topological polar surface area (TPSA) is 42.7 Å². The van der Waals surface area contributed by atoms with Crippen LogP contribution in [0.25, 0.3) is 27.8 Å². The lowest BCUT2D eigenvalue weighted by Gasteiger charge is -2.06. The Hall–Kier alpha value is -3.14. The van der Waals surface area contributed by atoms with Crippen LogP contribution in [0.15, 0.2) is 67.1 Å². The van der Waals surface area contributed by atoms with E-state index >= 15 is 0 Å². The molecule has 118 valence electrons. The monoisotopic (exact) mass is 314 g/mol. The van der Waals surface area contributed by atoms with E-state index in [1.54, 1.807) is 6.33 Å². The first kappa shape index (κ1) is 14.5. The Morgan fingerprint density at radius 3 is 2.38 bits per heavy atom. The summed E-state index contributed by atoms with van der Waals surface area (Å²) in [4.78, 5) is 8.94. The number of aromatic nitrogens is 3. The summed E-state index contributed by atoms with van der Waals surface area (Å²) in [5, 5.41) is 4.22. The lowest BCUT2D eigenvalue weighted by molar-refractivity contribution is 1.07. The summed E-state index contributed by atoms with van der Waals surface area (Å²) < 4.78 is 2.12. The highest BCUT2D eigenvalue weighted by Gasteiger charge is 2.16. The molecule has 0 radical (unpaired) electrons. The Morgan fingerprint density at radius 1 is 0.917 bits per heavy atom. The van der Waals surface area contributed by atoms with Crippen LogP contribution in [0.2, 0.25) is 0 Å². The maximum atomic E-state index is 4.55. The molecule has 0 bridgehead atoms. The van der Waals surface area contributed by atoms with E-state index < -0.39 is 0 Å². The first-order valence-electron chi connectivity index (χ1n) is 7.94. The van der Waals surface area contributed by atoms with Crippen molar-refractivity contribution >= 4 is 16.9 Å². The van der Waals surface area contributed by atoms with Gasteiger partial charge < -0.3 is 9.88 Å². The minimum atomic E-state index is 0.838. The molecule has 2 aromatic carbocycles. The SMILES string of the molecule is CNc1ncnc2c1c(-c1ccccc1)cn2-c1ccc(C)cc1. The first-order valence-corrected chi connectivity index (χ1v) is 7.94. The van der Waals surface area contributed by atoms with Gasteiger partial charge in [-0.25, -0.2) is 9.97 Å². The van der Waals surface area contributed by atoms with Crippen molar-refractivity contribution in [1.82, 2.24) is 14.5 Å². The molecule has 0 aliphatic rings. The maximum Gasteiger partial charge on any atom is 0.150 e. The van der Waals surface area contributed by atoms with Crippen LogP contribution in [0.3, 0.4) is 0 Å². The van der Waals surface area contributed by atoms with Crippen LogP contribution >= 0.6 is 0 Å². The van der Waals surface area contributed by atoms with Gasteiger partial charge in [-0.15, -0.1) is 0 Å². The molecular weight excluding hydrogens is 296 g/mol. The van der Waals surface area contributed by atoms with Gasteiger partial charge in [0.1, 0.15) is 12.1 Å². The Bertz CT molecular complexity index is 986. The molecule has 4 heteroatoms. The number of rotatable bonds is 3. The fraction of sp³-hybridized carbons (Fsp3) is 0.100. The number of anilines is 1. The minimum Gasteiger partial charge on any atom is -0.372 e. The average molecular weight is 314 g/mol. The van der Waals surface area contributed by atoms with E-state index in [1.165, 1.54) is 5.56 Å². The number of benzene rings is 2. The smallest absolute Gasteiger partial charge is 0.150 e. The molecule has 2 aromatic heterocycles. The van der Waals surface area contributed by atoms with Gasteiger partial charge in [-0.05, 0) is 24.6 Å². The summed E-state index contributed by atoms with van der Waals surface area (Å²) in [6.45, 7) is 2.09. The fourth-order valence-corrected chi connectivity index (χ4v) is 2.99. The van der Waals surface area contributed by atoms with E-state index in [4.69, 9.17) is 0 Å². The zero-order valence-corrected chi connectivity index (χ0v) is 13.7. The van der Waals surface area contributed by atoms with Gasteiger partial charge in [0, 0.05) is 24.5 Å². The van der Waals surface area contributed by atoms with E-state index in [2.05, 4.69) is 69.4 Å². The molecule has 0 atom stereocenters. The van der Waals surface area contributed by atoms with Crippen molar-refractivity contribution in [3.05, 3.63) is 72.7 Å². The van der Waals surface area contributed by atoms with Gasteiger partial charge in [-0.3, -0.25) is 0 Å². The third-order valence-corrected chi connectivity index (χ3v) is 4.22. The highest BCUT2D eigenvalue weighted by Crippen LogP contribution is 2.34. The molecule has 0 aliphatic carbocycles. The fourth-order valence-electron chi connectivity index (χ4n) is 2.99. The maximum absolute atomic E-state index is 4.55. The molecule has 0 fully saturated rings.